The molecule has 0 spiro atoms. The third-order valence-electron chi connectivity index (χ3n) is 3.72. The molecule has 1 aromatic carbocycles. The van der Waals surface area contributed by atoms with Gasteiger partial charge in [-0.2, -0.15) is 11.8 Å². The van der Waals surface area contributed by atoms with Gasteiger partial charge >= 0.3 is 0 Å². The Bertz CT molecular complexity index is 836. The Morgan fingerprint density at radius 2 is 2.08 bits per heavy atom. The largest absolute Gasteiger partial charge is 0.343 e. The lowest BCUT2D eigenvalue weighted by Crippen LogP contribution is -2.50. The first-order chi connectivity index (χ1) is 12.0. The zero-order valence-corrected chi connectivity index (χ0v) is 14.9. The molecule has 1 atom stereocenters. The summed E-state index contributed by atoms with van der Waals surface area (Å²) in [7, 11) is 0. The maximum absolute atomic E-state index is 12.4. The third kappa shape index (κ3) is 4.58. The summed E-state index contributed by atoms with van der Waals surface area (Å²) < 4.78 is 1.36. The fourth-order valence-corrected chi connectivity index (χ4v) is 2.94. The molecule has 134 valence electrons. The van der Waals surface area contributed by atoms with Crippen molar-refractivity contribution in [3.63, 3.8) is 0 Å². The molecule has 0 bridgehead atoms. The van der Waals surface area contributed by atoms with E-state index in [2.05, 4.69) is 15.7 Å². The lowest BCUT2D eigenvalue weighted by molar-refractivity contribution is -0.129. The van der Waals surface area contributed by atoms with Crippen LogP contribution in [-0.2, 0) is 16.1 Å². The topological polar surface area (TPSA) is 119 Å². The summed E-state index contributed by atoms with van der Waals surface area (Å²) in [6.07, 6.45) is 2.35. The van der Waals surface area contributed by atoms with Crippen molar-refractivity contribution in [1.82, 2.24) is 20.3 Å². The van der Waals surface area contributed by atoms with Crippen molar-refractivity contribution in [2.45, 2.75) is 25.9 Å². The normalized spacial score (nSPS) is 12.0. The van der Waals surface area contributed by atoms with Crippen LogP contribution in [0.3, 0.4) is 0 Å². The fourth-order valence-electron chi connectivity index (χ4n) is 2.47. The zero-order valence-electron chi connectivity index (χ0n) is 14.1. The Morgan fingerprint density at radius 1 is 1.36 bits per heavy atom. The van der Waals surface area contributed by atoms with Crippen LogP contribution >= 0.6 is 11.8 Å². The molecular weight excluding hydrogens is 342 g/mol. The Morgan fingerprint density at radius 3 is 2.76 bits per heavy atom. The number of fused-ring (bicyclic) bond motifs is 1. The molecule has 2 aromatic rings. The van der Waals surface area contributed by atoms with Gasteiger partial charge in [0.25, 0.3) is 11.5 Å². The van der Waals surface area contributed by atoms with Crippen molar-refractivity contribution in [1.29, 1.82) is 0 Å². The molecular formula is C16H21N5O3S. The van der Waals surface area contributed by atoms with Crippen molar-refractivity contribution in [2.75, 3.05) is 12.0 Å². The van der Waals surface area contributed by atoms with Crippen molar-refractivity contribution >= 4 is 34.6 Å². The number of hydrogen-bond donors (Lipinski definition) is 3. The molecule has 0 unspecified atom stereocenters. The van der Waals surface area contributed by atoms with Gasteiger partial charge < -0.3 is 5.32 Å². The number of carbonyl (C=O) groups is 2. The Balaban J connectivity index is 2.25. The maximum Gasteiger partial charge on any atom is 0.272 e. The lowest BCUT2D eigenvalue weighted by Gasteiger charge is -2.17. The number of carbonyl (C=O) groups excluding carboxylic acids is 2. The van der Waals surface area contributed by atoms with Crippen LogP contribution in [0.5, 0.6) is 0 Å². The van der Waals surface area contributed by atoms with E-state index in [1.165, 1.54) is 4.57 Å². The van der Waals surface area contributed by atoms with E-state index in [1.807, 2.05) is 12.3 Å². The molecule has 2 rings (SSSR count). The Kier molecular flexibility index (Phi) is 6.54. The van der Waals surface area contributed by atoms with E-state index in [4.69, 9.17) is 5.84 Å². The zero-order chi connectivity index (χ0) is 18.4. The number of benzene rings is 1. The number of rotatable bonds is 7. The molecule has 0 aliphatic carbocycles. The van der Waals surface area contributed by atoms with E-state index in [1.54, 1.807) is 36.9 Å². The van der Waals surface area contributed by atoms with Crippen LogP contribution in [0.2, 0.25) is 0 Å². The Hall–Kier alpha value is -2.39. The molecule has 0 aliphatic heterocycles. The minimum absolute atomic E-state index is 0.198. The maximum atomic E-state index is 12.4. The quantitative estimate of drug-likeness (QED) is 0.360. The van der Waals surface area contributed by atoms with Gasteiger partial charge in [0, 0.05) is 0 Å². The molecule has 0 saturated heterocycles. The van der Waals surface area contributed by atoms with Crippen LogP contribution < -0.4 is 22.1 Å². The van der Waals surface area contributed by atoms with E-state index in [0.29, 0.717) is 28.9 Å². The summed E-state index contributed by atoms with van der Waals surface area (Å²) in [4.78, 5) is 40.8. The number of aromatic nitrogens is 2. The van der Waals surface area contributed by atoms with Crippen LogP contribution in [0.4, 0.5) is 0 Å². The van der Waals surface area contributed by atoms with Gasteiger partial charge in [0.2, 0.25) is 5.91 Å². The second-order valence-corrected chi connectivity index (χ2v) is 6.47. The van der Waals surface area contributed by atoms with Crippen molar-refractivity contribution in [3.8, 4) is 0 Å². The molecule has 0 radical (unpaired) electrons. The van der Waals surface area contributed by atoms with E-state index in [-0.39, 0.29) is 12.1 Å². The first kappa shape index (κ1) is 18.9. The number of hydrogen-bond acceptors (Lipinski definition) is 6. The van der Waals surface area contributed by atoms with Crippen LogP contribution in [0.15, 0.2) is 29.1 Å². The third-order valence-corrected chi connectivity index (χ3v) is 4.37. The van der Waals surface area contributed by atoms with Crippen molar-refractivity contribution < 1.29 is 9.59 Å². The van der Waals surface area contributed by atoms with Crippen LogP contribution in [0.25, 0.3) is 11.0 Å². The minimum atomic E-state index is -0.741. The average molecular weight is 363 g/mol. The summed E-state index contributed by atoms with van der Waals surface area (Å²) in [5.74, 6) is 4.96. The highest BCUT2D eigenvalue weighted by atomic mass is 32.2. The number of para-hydroxylation sites is 2. The molecule has 8 nitrogen and oxygen atoms in total. The van der Waals surface area contributed by atoms with E-state index in [9.17, 15) is 14.4 Å². The molecule has 1 heterocycles. The molecule has 25 heavy (non-hydrogen) atoms. The molecule has 4 N–H and O–H groups in total. The highest BCUT2D eigenvalue weighted by Crippen LogP contribution is 2.09. The summed E-state index contributed by atoms with van der Waals surface area (Å²) in [5, 5.41) is 2.64. The summed E-state index contributed by atoms with van der Waals surface area (Å²) in [6, 6.07) is 6.35. The smallest absolute Gasteiger partial charge is 0.272 e. The number of amides is 2. The van der Waals surface area contributed by atoms with Crippen molar-refractivity contribution in [2.24, 2.45) is 5.84 Å². The van der Waals surface area contributed by atoms with Crippen LogP contribution in [0, 0.1) is 6.92 Å². The minimum Gasteiger partial charge on any atom is -0.343 e. The number of thioether (sulfide) groups is 1. The number of nitrogens with one attached hydrogen (secondary N) is 2. The number of hydrazine groups is 1. The molecule has 1 aromatic heterocycles. The van der Waals surface area contributed by atoms with Gasteiger partial charge in [-0.15, -0.1) is 0 Å². The molecule has 2 amide bonds. The summed E-state index contributed by atoms with van der Waals surface area (Å²) >= 11 is 1.56. The molecule has 0 fully saturated rings. The average Bonchev–Trinajstić information content (AvgIpc) is 2.61. The van der Waals surface area contributed by atoms with Crippen molar-refractivity contribution in [3.05, 3.63) is 40.3 Å². The van der Waals surface area contributed by atoms with Gasteiger partial charge in [0.15, 0.2) is 0 Å². The number of nitrogens with zero attached hydrogens (tertiary/aromatic N) is 2. The number of nitrogens with two attached hydrogens (primary N) is 1. The van der Waals surface area contributed by atoms with Gasteiger partial charge in [-0.1, -0.05) is 12.1 Å². The summed E-state index contributed by atoms with van der Waals surface area (Å²) in [6.45, 7) is 1.41. The van der Waals surface area contributed by atoms with E-state index >= 15 is 0 Å². The highest BCUT2D eigenvalue weighted by Gasteiger charge is 2.20. The van der Waals surface area contributed by atoms with Crippen LogP contribution in [0.1, 0.15) is 12.1 Å². The number of aryl methyl sites for hydroxylation is 1. The first-order valence-electron chi connectivity index (χ1n) is 7.73. The van der Waals surface area contributed by atoms with E-state index in [0.717, 1.165) is 0 Å². The first-order valence-corrected chi connectivity index (χ1v) is 9.12. The van der Waals surface area contributed by atoms with Gasteiger partial charge in [-0.25, -0.2) is 10.8 Å². The van der Waals surface area contributed by atoms with Gasteiger partial charge in [-0.3, -0.25) is 24.4 Å². The van der Waals surface area contributed by atoms with Gasteiger partial charge in [-0.05, 0) is 37.5 Å². The monoisotopic (exact) mass is 363 g/mol. The predicted molar refractivity (Wildman–Crippen MR) is 98.0 cm³/mol. The van der Waals surface area contributed by atoms with Gasteiger partial charge in [0.05, 0.1) is 11.0 Å². The highest BCUT2D eigenvalue weighted by molar-refractivity contribution is 7.98. The standard InChI is InChI=1S/C16H21N5O3S/c1-10-16(24)21(13-6-4-3-5-11(13)18-10)9-14(22)19-12(7-8-25-2)15(23)20-17/h3-6,12H,7-9,17H2,1-2H3,(H,19,22)(H,20,23)/t12-/m0/s1. The lowest BCUT2D eigenvalue weighted by atomic mass is 10.2. The molecule has 0 aliphatic rings. The van der Waals surface area contributed by atoms with E-state index < -0.39 is 17.9 Å². The molecule has 0 saturated carbocycles. The van der Waals surface area contributed by atoms with Crippen LogP contribution in [-0.4, -0.2) is 39.4 Å². The molecule has 9 heteroatoms. The second-order valence-electron chi connectivity index (χ2n) is 5.49. The van der Waals surface area contributed by atoms with Gasteiger partial charge in [0.1, 0.15) is 18.3 Å². The second kappa shape index (κ2) is 8.63. The Labute approximate surface area is 149 Å². The summed E-state index contributed by atoms with van der Waals surface area (Å²) in [5.41, 5.74) is 3.22. The fraction of sp³-hybridized carbons (Fsp3) is 0.375. The predicted octanol–water partition coefficient (Wildman–Crippen LogP) is -0.0673. The SMILES string of the molecule is CSCC[C@H](NC(=O)Cn1c(=O)c(C)nc2ccccc21)C(=O)NN.